The average molecular weight is 561 g/mol. The maximum Gasteiger partial charge on any atom is 0.119 e. The van der Waals surface area contributed by atoms with Crippen LogP contribution in [0, 0.1) is 16.2 Å². The summed E-state index contributed by atoms with van der Waals surface area (Å²) in [6, 6.07) is 28.5. The van der Waals surface area contributed by atoms with Crippen molar-refractivity contribution < 1.29 is 0 Å². The largest absolute Gasteiger partial charge is 0.314 e. The summed E-state index contributed by atoms with van der Waals surface area (Å²) in [6.45, 7) is 0. The predicted octanol–water partition coefficient (Wildman–Crippen LogP) is 7.54. The smallest absolute Gasteiger partial charge is 0.119 e. The van der Waals surface area contributed by atoms with E-state index in [1.807, 2.05) is 91.0 Å². The van der Waals surface area contributed by atoms with Gasteiger partial charge in [0.15, 0.2) is 0 Å². The molecule has 0 fully saturated rings. The van der Waals surface area contributed by atoms with Crippen molar-refractivity contribution in [3.05, 3.63) is 144 Å². The first-order valence-electron chi connectivity index (χ1n) is 12.8. The molecule has 2 unspecified atom stereocenters. The second-order valence-corrected chi connectivity index (χ2v) is 11.3. The minimum absolute atomic E-state index is 0.189. The Morgan fingerprint density at radius 1 is 0.775 bits per heavy atom. The van der Waals surface area contributed by atoms with Crippen molar-refractivity contribution in [2.24, 2.45) is 5.73 Å². The van der Waals surface area contributed by atoms with Crippen molar-refractivity contribution in [3.63, 3.8) is 0 Å². The van der Waals surface area contributed by atoms with E-state index in [9.17, 15) is 0 Å². The van der Waals surface area contributed by atoms with E-state index in [4.69, 9.17) is 26.9 Å². The van der Waals surface area contributed by atoms with Gasteiger partial charge in [0.1, 0.15) is 10.1 Å². The summed E-state index contributed by atoms with van der Waals surface area (Å²) in [5, 5.41) is 26.1. The predicted molar refractivity (Wildman–Crippen MR) is 169 cm³/mol. The number of hydrogen-bond acceptors (Lipinski definition) is 8. The van der Waals surface area contributed by atoms with E-state index in [1.54, 1.807) is 12.1 Å². The van der Waals surface area contributed by atoms with Gasteiger partial charge < -0.3 is 5.73 Å². The number of benzene rings is 2. The van der Waals surface area contributed by atoms with Crippen molar-refractivity contribution in [3.8, 4) is 11.3 Å². The Bertz CT molecular complexity index is 1610. The fraction of sp³-hybridized carbons (Fsp3) is 0.0938. The lowest BCUT2D eigenvalue weighted by Gasteiger charge is -2.16. The van der Waals surface area contributed by atoms with Gasteiger partial charge in [-0.15, -0.1) is 0 Å². The second-order valence-electron chi connectivity index (χ2n) is 9.13. The highest BCUT2D eigenvalue weighted by molar-refractivity contribution is 8.27. The Labute approximate surface area is 242 Å². The Hall–Kier alpha value is -4.11. The van der Waals surface area contributed by atoms with E-state index in [0.29, 0.717) is 21.9 Å². The Balaban J connectivity index is 1.24. The molecule has 5 N–H and O–H groups in total. The normalized spacial score (nSPS) is 15.0. The summed E-state index contributed by atoms with van der Waals surface area (Å²) in [5.74, 6) is 0.233. The number of hydrogen-bond donors (Lipinski definition) is 4. The van der Waals surface area contributed by atoms with Crippen molar-refractivity contribution in [1.29, 1.82) is 16.2 Å². The minimum Gasteiger partial charge on any atom is -0.314 e. The van der Waals surface area contributed by atoms with Crippen LogP contribution in [0.4, 0.5) is 0 Å². The van der Waals surface area contributed by atoms with Gasteiger partial charge in [-0.25, -0.2) is 4.98 Å². The van der Waals surface area contributed by atoms with Crippen LogP contribution >= 0.6 is 23.5 Å². The number of thioether (sulfide) groups is 2. The molecule has 0 radical (unpaired) electrons. The summed E-state index contributed by atoms with van der Waals surface area (Å²) in [7, 11) is 0. The standard InChI is InChI=1S/C32H28N6S2/c33-29(39-31(35)27-18-8-16-25(37-27)21-10-3-1-4-11-21)23-14-7-15-24(20-23)30(34)40-32(36)28-19-9-17-26(38-28)22-12-5-2-6-13-22/h1-12,14-20,22,32-35H,13,36H2. The van der Waals surface area contributed by atoms with Crippen LogP contribution in [-0.4, -0.2) is 25.1 Å². The first-order chi connectivity index (χ1) is 19.5. The van der Waals surface area contributed by atoms with Crippen LogP contribution in [0.25, 0.3) is 11.3 Å². The van der Waals surface area contributed by atoms with Gasteiger partial charge in [0, 0.05) is 28.3 Å². The molecule has 198 valence electrons. The highest BCUT2D eigenvalue weighted by Crippen LogP contribution is 2.29. The Morgan fingerprint density at radius 3 is 2.30 bits per heavy atom. The summed E-state index contributed by atoms with van der Waals surface area (Å²) in [6.07, 6.45) is 9.26. The number of rotatable bonds is 7. The molecular weight excluding hydrogens is 533 g/mol. The molecule has 5 rings (SSSR count). The lowest BCUT2D eigenvalue weighted by atomic mass is 9.96. The van der Waals surface area contributed by atoms with E-state index in [1.165, 1.54) is 11.8 Å². The quantitative estimate of drug-likeness (QED) is 0.106. The highest BCUT2D eigenvalue weighted by atomic mass is 32.2. The molecule has 1 aliphatic carbocycles. The van der Waals surface area contributed by atoms with Gasteiger partial charge in [-0.3, -0.25) is 21.2 Å². The lowest BCUT2D eigenvalue weighted by Crippen LogP contribution is -2.13. The summed E-state index contributed by atoms with van der Waals surface area (Å²) in [4.78, 5) is 9.41. The van der Waals surface area contributed by atoms with Crippen LogP contribution in [0.2, 0.25) is 0 Å². The zero-order valence-electron chi connectivity index (χ0n) is 21.6. The molecule has 4 aromatic rings. The third-order valence-corrected chi connectivity index (χ3v) is 8.15. The molecule has 6 nitrogen and oxygen atoms in total. The maximum atomic E-state index is 8.68. The fourth-order valence-electron chi connectivity index (χ4n) is 4.23. The van der Waals surface area contributed by atoms with Crippen LogP contribution in [0.15, 0.2) is 115 Å². The third-order valence-electron chi connectivity index (χ3n) is 6.33. The molecule has 0 aliphatic heterocycles. The van der Waals surface area contributed by atoms with E-state index in [2.05, 4.69) is 17.1 Å². The van der Waals surface area contributed by atoms with E-state index in [0.717, 1.165) is 40.8 Å². The van der Waals surface area contributed by atoms with Crippen LogP contribution < -0.4 is 5.73 Å². The first-order valence-corrected chi connectivity index (χ1v) is 14.5. The van der Waals surface area contributed by atoms with Gasteiger partial charge in [0.2, 0.25) is 0 Å². The highest BCUT2D eigenvalue weighted by Gasteiger charge is 2.17. The van der Waals surface area contributed by atoms with Crippen molar-refractivity contribution >= 4 is 38.7 Å². The first kappa shape index (κ1) is 27.5. The maximum absolute atomic E-state index is 8.68. The van der Waals surface area contributed by atoms with Crippen LogP contribution in [0.3, 0.4) is 0 Å². The third kappa shape index (κ3) is 6.71. The molecule has 0 saturated carbocycles. The van der Waals surface area contributed by atoms with Crippen LogP contribution in [0.1, 0.15) is 45.9 Å². The molecule has 0 spiro atoms. The molecular formula is C32H28N6S2. The van der Waals surface area contributed by atoms with Crippen LogP contribution in [0.5, 0.6) is 0 Å². The van der Waals surface area contributed by atoms with E-state index < -0.39 is 5.37 Å². The summed E-state index contributed by atoms with van der Waals surface area (Å²) < 4.78 is 0. The minimum atomic E-state index is -0.496. The number of nitrogens with one attached hydrogen (secondary N) is 3. The van der Waals surface area contributed by atoms with Gasteiger partial charge >= 0.3 is 0 Å². The van der Waals surface area contributed by atoms with Gasteiger partial charge in [-0.2, -0.15) is 0 Å². The molecule has 40 heavy (non-hydrogen) atoms. The average Bonchev–Trinajstić information content (AvgIpc) is 3.02. The second kappa shape index (κ2) is 12.8. The van der Waals surface area contributed by atoms with Gasteiger partial charge in [0.25, 0.3) is 0 Å². The molecule has 8 heteroatoms. The molecule has 2 atom stereocenters. The van der Waals surface area contributed by atoms with Crippen molar-refractivity contribution in [1.82, 2.24) is 9.97 Å². The van der Waals surface area contributed by atoms with Gasteiger partial charge in [-0.05, 0) is 48.5 Å². The lowest BCUT2D eigenvalue weighted by molar-refractivity contribution is 0.796. The van der Waals surface area contributed by atoms with E-state index in [-0.39, 0.29) is 16.0 Å². The number of nitrogens with two attached hydrogens (primary N) is 1. The van der Waals surface area contributed by atoms with Crippen LogP contribution in [-0.2, 0) is 0 Å². The Kier molecular flexibility index (Phi) is 8.81. The molecule has 2 aromatic heterocycles. The molecule has 1 aliphatic rings. The van der Waals surface area contributed by atoms with Gasteiger partial charge in [-0.1, -0.05) is 96.7 Å². The zero-order valence-corrected chi connectivity index (χ0v) is 23.3. The van der Waals surface area contributed by atoms with Crippen molar-refractivity contribution in [2.45, 2.75) is 17.7 Å². The van der Waals surface area contributed by atoms with E-state index >= 15 is 0 Å². The number of aromatic nitrogens is 2. The molecule has 0 saturated heterocycles. The zero-order chi connectivity index (χ0) is 27.9. The SMILES string of the molecule is N=C(SC(=N)c1cccc(-c2ccccc2)n1)c1cccc(C(=N)SC(N)c2cccc(C3C=CC=CC3)n2)c1. The number of nitrogens with zero attached hydrogens (tertiary/aromatic N) is 2. The Morgan fingerprint density at radius 2 is 1.52 bits per heavy atom. The van der Waals surface area contributed by atoms with Gasteiger partial charge in [0.05, 0.1) is 27.5 Å². The molecule has 2 aromatic carbocycles. The summed E-state index contributed by atoms with van der Waals surface area (Å²) >= 11 is 2.27. The monoisotopic (exact) mass is 560 g/mol. The molecule has 0 bridgehead atoms. The topological polar surface area (TPSA) is 123 Å². The number of pyridine rings is 2. The fourth-order valence-corrected chi connectivity index (χ4v) is 5.67. The summed E-state index contributed by atoms with van der Waals surface area (Å²) in [5.41, 5.74) is 11.7. The number of allylic oxidation sites excluding steroid dienone is 4. The molecule has 2 heterocycles. The molecule has 0 amide bonds. The van der Waals surface area contributed by atoms with Crippen molar-refractivity contribution in [2.75, 3.05) is 0 Å².